The van der Waals surface area contributed by atoms with E-state index in [2.05, 4.69) is 10.6 Å². The van der Waals surface area contributed by atoms with Gasteiger partial charge in [-0.05, 0) is 18.8 Å². The van der Waals surface area contributed by atoms with Gasteiger partial charge in [0.1, 0.15) is 17.9 Å². The number of aliphatic carboxylic acids is 1. The van der Waals surface area contributed by atoms with Gasteiger partial charge in [-0.25, -0.2) is 4.79 Å². The molecule has 0 radical (unpaired) electrons. The maximum absolute atomic E-state index is 12.2. The maximum atomic E-state index is 12.2. The number of hydrogen-bond acceptors (Lipinski definition) is 4. The SMILES string of the molecule is CC(=O)CC(=O)NC(C(=O)NC(C(=O)O)C(C)C)C(C)C. The first kappa shape index (κ1) is 19.1. The zero-order chi connectivity index (χ0) is 16.7. The summed E-state index contributed by atoms with van der Waals surface area (Å²) in [6.07, 6.45) is -0.303. The predicted molar refractivity (Wildman–Crippen MR) is 76.5 cm³/mol. The van der Waals surface area contributed by atoms with Crippen molar-refractivity contribution in [2.75, 3.05) is 0 Å². The molecule has 0 aromatic rings. The Morgan fingerprint density at radius 1 is 0.905 bits per heavy atom. The van der Waals surface area contributed by atoms with Crippen molar-refractivity contribution in [2.24, 2.45) is 11.8 Å². The van der Waals surface area contributed by atoms with E-state index in [1.54, 1.807) is 27.7 Å². The molecule has 0 spiro atoms. The molecular weight excluding hydrogens is 276 g/mol. The lowest BCUT2D eigenvalue weighted by atomic mass is 10.00. The molecule has 0 aliphatic carbocycles. The monoisotopic (exact) mass is 300 g/mol. The van der Waals surface area contributed by atoms with Crippen LogP contribution >= 0.6 is 0 Å². The minimum absolute atomic E-state index is 0.234. The van der Waals surface area contributed by atoms with E-state index in [0.717, 1.165) is 0 Å². The van der Waals surface area contributed by atoms with E-state index in [1.807, 2.05) is 0 Å². The second kappa shape index (κ2) is 8.39. The highest BCUT2D eigenvalue weighted by Gasteiger charge is 2.30. The van der Waals surface area contributed by atoms with Crippen LogP contribution in [-0.2, 0) is 19.2 Å². The molecule has 0 aromatic carbocycles. The van der Waals surface area contributed by atoms with Crippen LogP contribution in [0.3, 0.4) is 0 Å². The average Bonchev–Trinajstić information content (AvgIpc) is 2.30. The van der Waals surface area contributed by atoms with E-state index in [1.165, 1.54) is 6.92 Å². The molecule has 0 fully saturated rings. The van der Waals surface area contributed by atoms with E-state index in [4.69, 9.17) is 5.11 Å². The molecule has 2 atom stereocenters. The van der Waals surface area contributed by atoms with Gasteiger partial charge >= 0.3 is 5.97 Å². The molecule has 0 aromatic heterocycles. The molecule has 0 aliphatic rings. The summed E-state index contributed by atoms with van der Waals surface area (Å²) in [4.78, 5) is 45.7. The summed E-state index contributed by atoms with van der Waals surface area (Å²) >= 11 is 0. The van der Waals surface area contributed by atoms with Crippen molar-refractivity contribution in [3.8, 4) is 0 Å². The van der Waals surface area contributed by atoms with Crippen molar-refractivity contribution in [3.63, 3.8) is 0 Å². The topological polar surface area (TPSA) is 113 Å². The van der Waals surface area contributed by atoms with Crippen LogP contribution in [0.1, 0.15) is 41.0 Å². The second-order valence-electron chi connectivity index (χ2n) is 5.74. The van der Waals surface area contributed by atoms with Gasteiger partial charge in [0.15, 0.2) is 0 Å². The second-order valence-corrected chi connectivity index (χ2v) is 5.74. The van der Waals surface area contributed by atoms with E-state index < -0.39 is 29.9 Å². The molecule has 0 bridgehead atoms. The third kappa shape index (κ3) is 6.87. The van der Waals surface area contributed by atoms with Gasteiger partial charge in [0.05, 0.1) is 6.42 Å². The maximum Gasteiger partial charge on any atom is 0.326 e. The van der Waals surface area contributed by atoms with Crippen LogP contribution < -0.4 is 10.6 Å². The largest absolute Gasteiger partial charge is 0.480 e. The van der Waals surface area contributed by atoms with E-state index >= 15 is 0 Å². The molecule has 2 amide bonds. The zero-order valence-corrected chi connectivity index (χ0v) is 13.1. The summed E-state index contributed by atoms with van der Waals surface area (Å²) in [5.41, 5.74) is 0. The van der Waals surface area contributed by atoms with E-state index in [0.29, 0.717) is 0 Å². The normalized spacial score (nSPS) is 13.7. The van der Waals surface area contributed by atoms with Gasteiger partial charge in [0, 0.05) is 0 Å². The quantitative estimate of drug-likeness (QED) is 0.559. The fraction of sp³-hybridized carbons (Fsp3) is 0.714. The summed E-state index contributed by atoms with van der Waals surface area (Å²) in [5.74, 6) is -3.07. The summed E-state index contributed by atoms with van der Waals surface area (Å²) in [6.45, 7) is 8.09. The highest BCUT2D eigenvalue weighted by Crippen LogP contribution is 2.06. The molecule has 0 heterocycles. The number of hydrogen-bond donors (Lipinski definition) is 3. The first-order valence-corrected chi connectivity index (χ1v) is 6.88. The van der Waals surface area contributed by atoms with Gasteiger partial charge in [-0.3, -0.25) is 14.4 Å². The number of carboxylic acids is 1. The van der Waals surface area contributed by atoms with Crippen LogP contribution in [0.2, 0.25) is 0 Å². The van der Waals surface area contributed by atoms with E-state index in [-0.39, 0.29) is 24.0 Å². The number of amides is 2. The third-order valence-corrected chi connectivity index (χ3v) is 2.91. The van der Waals surface area contributed by atoms with Crippen LogP contribution in [0.15, 0.2) is 0 Å². The van der Waals surface area contributed by atoms with Crippen LogP contribution in [-0.4, -0.2) is 40.8 Å². The summed E-state index contributed by atoms with van der Waals surface area (Å²) < 4.78 is 0. The molecule has 0 rings (SSSR count). The lowest BCUT2D eigenvalue weighted by Crippen LogP contribution is -2.55. The van der Waals surface area contributed by atoms with Crippen molar-refractivity contribution in [1.82, 2.24) is 10.6 Å². The van der Waals surface area contributed by atoms with Crippen LogP contribution in [0.5, 0.6) is 0 Å². The Morgan fingerprint density at radius 3 is 1.71 bits per heavy atom. The van der Waals surface area contributed by atoms with Gasteiger partial charge in [0.2, 0.25) is 11.8 Å². The number of carboxylic acid groups (broad SMARTS) is 1. The van der Waals surface area contributed by atoms with Gasteiger partial charge in [-0.1, -0.05) is 27.7 Å². The molecule has 7 heteroatoms. The highest BCUT2D eigenvalue weighted by atomic mass is 16.4. The van der Waals surface area contributed by atoms with Gasteiger partial charge in [0.25, 0.3) is 0 Å². The predicted octanol–water partition coefficient (Wildman–Crippen LogP) is 0.332. The Morgan fingerprint density at radius 2 is 1.38 bits per heavy atom. The first-order chi connectivity index (χ1) is 9.56. The molecule has 7 nitrogen and oxygen atoms in total. The molecule has 0 saturated heterocycles. The first-order valence-electron chi connectivity index (χ1n) is 6.88. The Hall–Kier alpha value is -1.92. The highest BCUT2D eigenvalue weighted by molar-refractivity contribution is 5.99. The third-order valence-electron chi connectivity index (χ3n) is 2.91. The van der Waals surface area contributed by atoms with Crippen molar-refractivity contribution in [2.45, 2.75) is 53.1 Å². The number of carbonyl (C=O) groups is 4. The summed E-state index contributed by atoms with van der Waals surface area (Å²) in [5, 5.41) is 14.0. The van der Waals surface area contributed by atoms with Crippen molar-refractivity contribution < 1.29 is 24.3 Å². The zero-order valence-electron chi connectivity index (χ0n) is 13.1. The standard InChI is InChI=1S/C14H24N2O5/c1-7(2)11(15-10(18)6-9(5)17)13(19)16-12(8(3)4)14(20)21/h7-8,11-12H,6H2,1-5H3,(H,15,18)(H,16,19)(H,20,21). The van der Waals surface area contributed by atoms with Crippen molar-refractivity contribution in [1.29, 1.82) is 0 Å². The van der Waals surface area contributed by atoms with Crippen molar-refractivity contribution in [3.05, 3.63) is 0 Å². The lowest BCUT2D eigenvalue weighted by Gasteiger charge is -2.25. The molecule has 0 saturated carbocycles. The summed E-state index contributed by atoms with van der Waals surface area (Å²) in [7, 11) is 0. The van der Waals surface area contributed by atoms with Crippen molar-refractivity contribution >= 4 is 23.6 Å². The Balaban J connectivity index is 4.88. The number of rotatable bonds is 8. The molecule has 3 N–H and O–H groups in total. The molecular formula is C14H24N2O5. The Bertz CT molecular complexity index is 418. The van der Waals surface area contributed by atoms with Crippen LogP contribution in [0.4, 0.5) is 0 Å². The number of ketones is 1. The fourth-order valence-electron chi connectivity index (χ4n) is 1.74. The van der Waals surface area contributed by atoms with Crippen LogP contribution in [0, 0.1) is 11.8 Å². The Kier molecular flexibility index (Phi) is 7.62. The molecule has 21 heavy (non-hydrogen) atoms. The molecule has 0 aliphatic heterocycles. The number of nitrogens with one attached hydrogen (secondary N) is 2. The lowest BCUT2D eigenvalue weighted by molar-refractivity contribution is -0.143. The number of Topliss-reactive ketones (excluding diaryl/α,β-unsaturated/α-hetero) is 1. The smallest absolute Gasteiger partial charge is 0.326 e. The Labute approximate surface area is 124 Å². The van der Waals surface area contributed by atoms with E-state index in [9.17, 15) is 19.2 Å². The fourth-order valence-corrected chi connectivity index (χ4v) is 1.74. The molecule has 120 valence electrons. The minimum Gasteiger partial charge on any atom is -0.480 e. The molecule has 2 unspecified atom stereocenters. The van der Waals surface area contributed by atoms with Crippen LogP contribution in [0.25, 0.3) is 0 Å². The van der Waals surface area contributed by atoms with Gasteiger partial charge in [-0.2, -0.15) is 0 Å². The van der Waals surface area contributed by atoms with Gasteiger partial charge < -0.3 is 15.7 Å². The average molecular weight is 300 g/mol. The van der Waals surface area contributed by atoms with Gasteiger partial charge in [-0.15, -0.1) is 0 Å². The summed E-state index contributed by atoms with van der Waals surface area (Å²) in [6, 6.07) is -1.90. The number of carbonyl (C=O) groups excluding carboxylic acids is 3. The minimum atomic E-state index is -1.13.